The molecule has 0 aliphatic heterocycles. The minimum atomic E-state index is -0.453. The lowest BCUT2D eigenvalue weighted by molar-refractivity contribution is 0.100. The number of hydrogen-bond acceptors (Lipinski definition) is 2. The number of nitrogens with two attached hydrogens (primary N) is 1. The van der Waals surface area contributed by atoms with Crippen LogP contribution in [0.5, 0.6) is 11.5 Å². The Morgan fingerprint density at radius 1 is 1.11 bits per heavy atom. The van der Waals surface area contributed by atoms with E-state index in [2.05, 4.69) is 0 Å². The fraction of sp³-hybridized carbons (Fsp3) is 0.0714. The second kappa shape index (κ2) is 5.56. The van der Waals surface area contributed by atoms with Gasteiger partial charge in [-0.3, -0.25) is 4.79 Å². The second-order valence-corrected chi connectivity index (χ2v) is 4.04. The van der Waals surface area contributed by atoms with Gasteiger partial charge in [-0.15, -0.1) is 11.6 Å². The number of halogens is 1. The number of primary amides is 1. The first-order chi connectivity index (χ1) is 8.69. The number of carbonyl (C=O) groups is 1. The highest BCUT2D eigenvalue weighted by Gasteiger charge is 2.02. The predicted octanol–water partition coefficient (Wildman–Crippen LogP) is 3.32. The van der Waals surface area contributed by atoms with E-state index in [1.807, 2.05) is 24.3 Å². The molecule has 4 heteroatoms. The van der Waals surface area contributed by atoms with E-state index >= 15 is 0 Å². The molecule has 2 N–H and O–H groups in total. The summed E-state index contributed by atoms with van der Waals surface area (Å²) in [5, 5.41) is 0. The molecule has 0 aliphatic carbocycles. The van der Waals surface area contributed by atoms with Gasteiger partial charge in [0.1, 0.15) is 11.5 Å². The van der Waals surface area contributed by atoms with Crippen LogP contribution in [0, 0.1) is 0 Å². The number of alkyl halides is 1. The van der Waals surface area contributed by atoms with E-state index < -0.39 is 5.91 Å². The molecule has 0 radical (unpaired) electrons. The van der Waals surface area contributed by atoms with E-state index in [1.54, 1.807) is 24.3 Å². The third-order valence-corrected chi connectivity index (χ3v) is 2.74. The third kappa shape index (κ3) is 3.02. The average Bonchev–Trinajstić information content (AvgIpc) is 2.39. The van der Waals surface area contributed by atoms with E-state index in [9.17, 15) is 4.79 Å². The molecule has 1 amide bonds. The van der Waals surface area contributed by atoms with Crippen LogP contribution in [0.25, 0.3) is 0 Å². The normalized spacial score (nSPS) is 10.1. The molecule has 0 saturated heterocycles. The molecular weight excluding hydrogens is 250 g/mol. The van der Waals surface area contributed by atoms with Crippen molar-refractivity contribution in [2.24, 2.45) is 5.73 Å². The monoisotopic (exact) mass is 261 g/mol. The van der Waals surface area contributed by atoms with E-state index in [4.69, 9.17) is 22.1 Å². The fourth-order valence-corrected chi connectivity index (χ4v) is 1.68. The van der Waals surface area contributed by atoms with Crippen LogP contribution in [0.3, 0.4) is 0 Å². The van der Waals surface area contributed by atoms with Crippen molar-refractivity contribution in [1.82, 2.24) is 0 Å². The zero-order chi connectivity index (χ0) is 13.0. The molecule has 0 fully saturated rings. The zero-order valence-corrected chi connectivity index (χ0v) is 10.4. The molecule has 0 unspecified atom stereocenters. The molecule has 2 aromatic carbocycles. The van der Waals surface area contributed by atoms with Crippen molar-refractivity contribution >= 4 is 17.5 Å². The molecule has 18 heavy (non-hydrogen) atoms. The highest BCUT2D eigenvalue weighted by atomic mass is 35.5. The Labute approximate surface area is 110 Å². The van der Waals surface area contributed by atoms with Gasteiger partial charge in [-0.05, 0) is 42.0 Å². The summed E-state index contributed by atoms with van der Waals surface area (Å²) in [6.07, 6.45) is 0. The lowest BCUT2D eigenvalue weighted by Gasteiger charge is -2.07. The van der Waals surface area contributed by atoms with E-state index in [1.165, 1.54) is 0 Å². The summed E-state index contributed by atoms with van der Waals surface area (Å²) in [4.78, 5) is 10.9. The van der Waals surface area contributed by atoms with Crippen molar-refractivity contribution < 1.29 is 9.53 Å². The van der Waals surface area contributed by atoms with E-state index in [0.717, 1.165) is 5.56 Å². The summed E-state index contributed by atoms with van der Waals surface area (Å²) in [6, 6.07) is 14.2. The second-order valence-electron chi connectivity index (χ2n) is 3.77. The van der Waals surface area contributed by atoms with Crippen LogP contribution in [0.1, 0.15) is 15.9 Å². The number of ether oxygens (including phenoxy) is 1. The Hall–Kier alpha value is -2.00. The van der Waals surface area contributed by atoms with Gasteiger partial charge in [-0.2, -0.15) is 0 Å². The Morgan fingerprint density at radius 2 is 1.83 bits per heavy atom. The van der Waals surface area contributed by atoms with Crippen molar-refractivity contribution in [2.75, 3.05) is 0 Å². The number of amides is 1. The molecule has 2 aromatic rings. The number of carbonyl (C=O) groups excluding carboxylic acids is 1. The van der Waals surface area contributed by atoms with Gasteiger partial charge in [-0.1, -0.05) is 12.1 Å². The maximum Gasteiger partial charge on any atom is 0.248 e. The lowest BCUT2D eigenvalue weighted by Crippen LogP contribution is -2.10. The molecule has 2 rings (SSSR count). The maximum absolute atomic E-state index is 10.9. The highest BCUT2D eigenvalue weighted by Crippen LogP contribution is 2.23. The Morgan fingerprint density at radius 3 is 2.44 bits per heavy atom. The van der Waals surface area contributed by atoms with Crippen molar-refractivity contribution in [2.45, 2.75) is 5.88 Å². The molecular formula is C14H12ClNO2. The van der Waals surface area contributed by atoms with Gasteiger partial charge in [0.25, 0.3) is 0 Å². The molecule has 0 bridgehead atoms. The highest BCUT2D eigenvalue weighted by molar-refractivity contribution is 6.17. The van der Waals surface area contributed by atoms with Gasteiger partial charge in [0.05, 0.1) is 0 Å². The summed E-state index contributed by atoms with van der Waals surface area (Å²) < 4.78 is 5.64. The topological polar surface area (TPSA) is 52.3 Å². The molecule has 0 atom stereocenters. The van der Waals surface area contributed by atoms with Crippen molar-refractivity contribution in [3.63, 3.8) is 0 Å². The van der Waals surface area contributed by atoms with E-state index in [-0.39, 0.29) is 0 Å². The van der Waals surface area contributed by atoms with Gasteiger partial charge in [-0.25, -0.2) is 0 Å². The van der Waals surface area contributed by atoms with Crippen LogP contribution in [0.15, 0.2) is 48.5 Å². The number of hydrogen-bond donors (Lipinski definition) is 1. The summed E-state index contributed by atoms with van der Waals surface area (Å²) in [7, 11) is 0. The largest absolute Gasteiger partial charge is 0.457 e. The van der Waals surface area contributed by atoms with Crippen LogP contribution in [-0.2, 0) is 5.88 Å². The van der Waals surface area contributed by atoms with Gasteiger partial charge < -0.3 is 10.5 Å². The first-order valence-corrected chi connectivity index (χ1v) is 5.95. The Balaban J connectivity index is 2.15. The number of benzene rings is 2. The predicted molar refractivity (Wildman–Crippen MR) is 71.0 cm³/mol. The molecule has 0 aliphatic rings. The molecule has 3 nitrogen and oxygen atoms in total. The van der Waals surface area contributed by atoms with Crippen molar-refractivity contribution in [1.29, 1.82) is 0 Å². The fourth-order valence-electron chi connectivity index (χ4n) is 1.52. The Bertz CT molecular complexity index is 552. The van der Waals surface area contributed by atoms with Gasteiger partial charge in [0.15, 0.2) is 0 Å². The minimum Gasteiger partial charge on any atom is -0.457 e. The van der Waals surface area contributed by atoms with Crippen LogP contribution in [0.4, 0.5) is 0 Å². The van der Waals surface area contributed by atoms with Crippen molar-refractivity contribution in [3.05, 3.63) is 59.7 Å². The number of rotatable bonds is 4. The summed E-state index contributed by atoms with van der Waals surface area (Å²) in [6.45, 7) is 0. The lowest BCUT2D eigenvalue weighted by atomic mass is 10.2. The Kier molecular flexibility index (Phi) is 3.85. The van der Waals surface area contributed by atoms with E-state index in [0.29, 0.717) is 22.9 Å². The molecule has 0 saturated carbocycles. The molecule has 92 valence electrons. The first kappa shape index (κ1) is 12.5. The van der Waals surface area contributed by atoms with Gasteiger partial charge in [0.2, 0.25) is 5.91 Å². The average molecular weight is 262 g/mol. The first-order valence-electron chi connectivity index (χ1n) is 5.41. The standard InChI is InChI=1S/C14H12ClNO2/c15-9-10-2-1-3-13(8-10)18-12-6-4-11(5-7-12)14(16)17/h1-8H,9H2,(H2,16,17). The molecule has 0 spiro atoms. The molecule has 0 heterocycles. The molecule has 0 aromatic heterocycles. The van der Waals surface area contributed by atoms with Gasteiger partial charge in [0, 0.05) is 11.4 Å². The maximum atomic E-state index is 10.9. The SMILES string of the molecule is NC(=O)c1ccc(Oc2cccc(CCl)c2)cc1. The smallest absolute Gasteiger partial charge is 0.248 e. The quantitative estimate of drug-likeness (QED) is 0.859. The summed E-state index contributed by atoms with van der Waals surface area (Å²) >= 11 is 5.75. The summed E-state index contributed by atoms with van der Waals surface area (Å²) in [5.41, 5.74) is 6.60. The van der Waals surface area contributed by atoms with Gasteiger partial charge >= 0.3 is 0 Å². The third-order valence-electron chi connectivity index (χ3n) is 2.43. The van der Waals surface area contributed by atoms with Crippen molar-refractivity contribution in [3.8, 4) is 11.5 Å². The zero-order valence-electron chi connectivity index (χ0n) is 9.60. The van der Waals surface area contributed by atoms with Crippen LogP contribution >= 0.6 is 11.6 Å². The van der Waals surface area contributed by atoms with Crippen LogP contribution in [-0.4, -0.2) is 5.91 Å². The summed E-state index contributed by atoms with van der Waals surface area (Å²) in [5.74, 6) is 1.34. The van der Waals surface area contributed by atoms with Crippen LogP contribution in [0.2, 0.25) is 0 Å². The van der Waals surface area contributed by atoms with Crippen LogP contribution < -0.4 is 10.5 Å². The minimum absolute atomic E-state index is 0.442.